The fourth-order valence-electron chi connectivity index (χ4n) is 3.65. The number of hydrogen-bond acceptors (Lipinski definition) is 4. The van der Waals surface area contributed by atoms with E-state index in [9.17, 15) is 4.79 Å². The van der Waals surface area contributed by atoms with Crippen LogP contribution < -0.4 is 4.87 Å². The zero-order valence-corrected chi connectivity index (χ0v) is 15.2. The fraction of sp³-hybridized carbons (Fsp3) is 0.238. The van der Waals surface area contributed by atoms with E-state index in [1.54, 1.807) is 10.8 Å². The van der Waals surface area contributed by atoms with Crippen LogP contribution in [0.2, 0.25) is 0 Å². The van der Waals surface area contributed by atoms with Crippen molar-refractivity contribution in [2.24, 2.45) is 0 Å². The van der Waals surface area contributed by atoms with Gasteiger partial charge in [-0.25, -0.2) is 0 Å². The zero-order valence-electron chi connectivity index (χ0n) is 14.3. The van der Waals surface area contributed by atoms with Crippen LogP contribution in [0.4, 0.5) is 0 Å². The second-order valence-electron chi connectivity index (χ2n) is 6.38. The van der Waals surface area contributed by atoms with Gasteiger partial charge in [-0.05, 0) is 36.1 Å². The highest BCUT2D eigenvalue weighted by Gasteiger charge is 2.28. The van der Waals surface area contributed by atoms with Crippen LogP contribution in [0.3, 0.4) is 0 Å². The van der Waals surface area contributed by atoms with E-state index in [1.165, 1.54) is 22.5 Å². The molecule has 1 aromatic carbocycles. The molecule has 0 bridgehead atoms. The summed E-state index contributed by atoms with van der Waals surface area (Å²) in [7, 11) is 0. The van der Waals surface area contributed by atoms with Crippen molar-refractivity contribution in [1.82, 2.24) is 14.5 Å². The number of nitrogens with zero attached hydrogens (tertiary/aromatic N) is 3. The molecule has 4 nitrogen and oxygen atoms in total. The predicted molar refractivity (Wildman–Crippen MR) is 105 cm³/mol. The van der Waals surface area contributed by atoms with Gasteiger partial charge in [0.15, 0.2) is 0 Å². The maximum absolute atomic E-state index is 12.5. The Bertz CT molecular complexity index is 1000. The average molecular weight is 361 g/mol. The molecule has 1 aliphatic carbocycles. The number of rotatable bonds is 5. The molecule has 130 valence electrons. The Morgan fingerprint density at radius 1 is 1.27 bits per heavy atom. The van der Waals surface area contributed by atoms with Gasteiger partial charge in [0, 0.05) is 17.6 Å². The standard InChI is InChI=1S/C21H19N3OS/c1-2-13-23(19-11-10-16-7-3-4-8-17(16)19)15-24-20(14-26-21(24)25)18-9-5-6-12-22-18/h1,3-9,12,14,19H,10-11,13,15H2/t19-/m0/s1. The number of thiazole rings is 1. The van der Waals surface area contributed by atoms with Crippen LogP contribution in [-0.2, 0) is 13.1 Å². The fourth-order valence-corrected chi connectivity index (χ4v) is 4.39. The number of hydrogen-bond donors (Lipinski definition) is 0. The quantitative estimate of drug-likeness (QED) is 0.652. The van der Waals surface area contributed by atoms with Crippen molar-refractivity contribution < 1.29 is 0 Å². The lowest BCUT2D eigenvalue weighted by Gasteiger charge is -2.28. The summed E-state index contributed by atoms with van der Waals surface area (Å²) in [6, 6.07) is 14.5. The Morgan fingerprint density at radius 3 is 2.92 bits per heavy atom. The second kappa shape index (κ2) is 7.28. The van der Waals surface area contributed by atoms with E-state index < -0.39 is 0 Å². The zero-order chi connectivity index (χ0) is 17.9. The van der Waals surface area contributed by atoms with E-state index in [-0.39, 0.29) is 10.9 Å². The number of fused-ring (bicyclic) bond motifs is 1. The molecule has 0 unspecified atom stereocenters. The molecule has 2 aromatic heterocycles. The average Bonchev–Trinajstić information content (AvgIpc) is 3.26. The van der Waals surface area contributed by atoms with Gasteiger partial charge < -0.3 is 0 Å². The molecule has 1 atom stereocenters. The number of aromatic nitrogens is 2. The second-order valence-corrected chi connectivity index (χ2v) is 7.20. The van der Waals surface area contributed by atoms with Gasteiger partial charge in [0.2, 0.25) is 0 Å². The molecule has 0 fully saturated rings. The van der Waals surface area contributed by atoms with Gasteiger partial charge in [-0.3, -0.25) is 19.2 Å². The van der Waals surface area contributed by atoms with Gasteiger partial charge >= 0.3 is 4.87 Å². The Balaban J connectivity index is 1.68. The molecule has 0 saturated heterocycles. The van der Waals surface area contributed by atoms with Crippen LogP contribution in [0.15, 0.2) is 58.8 Å². The molecular formula is C21H19N3OS. The summed E-state index contributed by atoms with van der Waals surface area (Å²) in [5.74, 6) is 2.76. The van der Waals surface area contributed by atoms with Gasteiger partial charge in [0.1, 0.15) is 0 Å². The van der Waals surface area contributed by atoms with Gasteiger partial charge in [-0.2, -0.15) is 0 Å². The summed E-state index contributed by atoms with van der Waals surface area (Å²) in [4.78, 5) is 19.1. The summed E-state index contributed by atoms with van der Waals surface area (Å²) in [6.45, 7) is 0.973. The number of terminal acetylenes is 1. The lowest BCUT2D eigenvalue weighted by Crippen LogP contribution is -2.33. The van der Waals surface area contributed by atoms with Crippen molar-refractivity contribution in [3.63, 3.8) is 0 Å². The molecule has 0 amide bonds. The van der Waals surface area contributed by atoms with E-state index in [1.807, 2.05) is 23.6 Å². The Hall–Kier alpha value is -2.68. The van der Waals surface area contributed by atoms with E-state index in [2.05, 4.69) is 40.1 Å². The molecule has 0 radical (unpaired) electrons. The SMILES string of the molecule is C#CCN(Cn1c(-c2ccccn2)csc1=O)[C@H]1CCc2ccccc21. The van der Waals surface area contributed by atoms with Crippen LogP contribution in [0, 0.1) is 12.3 Å². The van der Waals surface area contributed by atoms with Gasteiger partial charge in [-0.15, -0.1) is 6.42 Å². The first kappa shape index (κ1) is 16.8. The first-order valence-corrected chi connectivity index (χ1v) is 9.51. The van der Waals surface area contributed by atoms with E-state index >= 15 is 0 Å². The number of aryl methyl sites for hydroxylation is 1. The molecule has 5 heteroatoms. The minimum Gasteiger partial charge on any atom is -0.284 e. The van der Waals surface area contributed by atoms with E-state index in [4.69, 9.17) is 6.42 Å². The largest absolute Gasteiger partial charge is 0.308 e. The molecule has 4 rings (SSSR count). The summed E-state index contributed by atoms with van der Waals surface area (Å²) in [6.07, 6.45) is 9.46. The monoisotopic (exact) mass is 361 g/mol. The first-order valence-electron chi connectivity index (χ1n) is 8.63. The maximum atomic E-state index is 12.5. The molecular weight excluding hydrogens is 342 g/mol. The third-order valence-electron chi connectivity index (χ3n) is 4.87. The molecule has 1 aliphatic rings. The highest BCUT2D eigenvalue weighted by atomic mass is 32.1. The lowest BCUT2D eigenvalue weighted by molar-refractivity contribution is 0.172. The third-order valence-corrected chi connectivity index (χ3v) is 5.63. The molecule has 0 N–H and O–H groups in total. The number of pyridine rings is 1. The third kappa shape index (κ3) is 3.10. The Labute approximate surface area is 156 Å². The minimum atomic E-state index is 0.0129. The smallest absolute Gasteiger partial charge is 0.284 e. The lowest BCUT2D eigenvalue weighted by atomic mass is 10.1. The molecule has 0 aliphatic heterocycles. The predicted octanol–water partition coefficient (Wildman–Crippen LogP) is 3.55. The van der Waals surface area contributed by atoms with Crippen molar-refractivity contribution in [2.75, 3.05) is 6.54 Å². The summed E-state index contributed by atoms with van der Waals surface area (Å²) in [5, 5.41) is 1.88. The molecule has 2 heterocycles. The molecule has 3 aromatic rings. The van der Waals surface area contributed by atoms with Gasteiger partial charge in [0.25, 0.3) is 0 Å². The van der Waals surface area contributed by atoms with Crippen LogP contribution in [-0.4, -0.2) is 21.0 Å². The molecule has 0 saturated carbocycles. The van der Waals surface area contributed by atoms with E-state index in [0.717, 1.165) is 24.2 Å². The van der Waals surface area contributed by atoms with Crippen LogP contribution in [0.25, 0.3) is 11.4 Å². The van der Waals surface area contributed by atoms with Gasteiger partial charge in [-0.1, -0.05) is 47.6 Å². The summed E-state index contributed by atoms with van der Waals surface area (Å²) < 4.78 is 1.78. The molecule has 26 heavy (non-hydrogen) atoms. The topological polar surface area (TPSA) is 38.1 Å². The van der Waals surface area contributed by atoms with Crippen LogP contribution >= 0.6 is 11.3 Å². The summed E-state index contributed by atoms with van der Waals surface area (Å²) >= 11 is 1.20. The normalized spacial score (nSPS) is 15.8. The number of benzene rings is 1. The van der Waals surface area contributed by atoms with Crippen molar-refractivity contribution in [3.05, 3.63) is 74.8 Å². The minimum absolute atomic E-state index is 0.0129. The van der Waals surface area contributed by atoms with Crippen molar-refractivity contribution in [2.45, 2.75) is 25.6 Å². The Kier molecular flexibility index (Phi) is 4.70. The van der Waals surface area contributed by atoms with Crippen molar-refractivity contribution in [3.8, 4) is 23.7 Å². The first-order chi connectivity index (χ1) is 12.8. The highest BCUT2D eigenvalue weighted by Crippen LogP contribution is 2.36. The Morgan fingerprint density at radius 2 is 2.12 bits per heavy atom. The summed E-state index contributed by atoms with van der Waals surface area (Å²) in [5.41, 5.74) is 4.35. The molecule has 0 spiro atoms. The maximum Gasteiger partial charge on any atom is 0.308 e. The highest BCUT2D eigenvalue weighted by molar-refractivity contribution is 7.07. The van der Waals surface area contributed by atoms with Crippen LogP contribution in [0.1, 0.15) is 23.6 Å². The van der Waals surface area contributed by atoms with E-state index in [0.29, 0.717) is 13.2 Å². The van der Waals surface area contributed by atoms with Crippen molar-refractivity contribution in [1.29, 1.82) is 0 Å². The van der Waals surface area contributed by atoms with Crippen LogP contribution in [0.5, 0.6) is 0 Å². The van der Waals surface area contributed by atoms with Gasteiger partial charge in [0.05, 0.1) is 24.6 Å². The van der Waals surface area contributed by atoms with Crippen molar-refractivity contribution >= 4 is 11.3 Å².